The van der Waals surface area contributed by atoms with Crippen molar-refractivity contribution in [3.05, 3.63) is 24.3 Å². The van der Waals surface area contributed by atoms with Gasteiger partial charge in [0.2, 0.25) is 0 Å². The number of hydrogen-bond donors (Lipinski definition) is 2. The van der Waals surface area contributed by atoms with Crippen LogP contribution in [0.2, 0.25) is 0 Å². The predicted octanol–water partition coefficient (Wildman–Crippen LogP) is 1.79. The van der Waals surface area contributed by atoms with Crippen LogP contribution >= 0.6 is 24.0 Å². The summed E-state index contributed by atoms with van der Waals surface area (Å²) in [5, 5.41) is 3.05. The molecule has 0 aliphatic carbocycles. The summed E-state index contributed by atoms with van der Waals surface area (Å²) in [7, 11) is 0. The van der Waals surface area contributed by atoms with Crippen molar-refractivity contribution in [2.45, 2.75) is 12.5 Å². The highest BCUT2D eigenvalue weighted by atomic mass is 32.2. The van der Waals surface area contributed by atoms with Crippen molar-refractivity contribution in [2.75, 3.05) is 47.5 Å². The van der Waals surface area contributed by atoms with Crippen LogP contribution in [0, 0.1) is 0 Å². The summed E-state index contributed by atoms with van der Waals surface area (Å²) in [4.78, 5) is 16.1. The van der Waals surface area contributed by atoms with Crippen molar-refractivity contribution < 1.29 is 9.53 Å². The number of nitrogens with one attached hydrogen (secondary N) is 1. The first-order valence-corrected chi connectivity index (χ1v) is 9.64. The second-order valence-electron chi connectivity index (χ2n) is 5.83. The highest BCUT2D eigenvalue weighted by Gasteiger charge is 2.32. The molecule has 0 spiro atoms. The highest BCUT2D eigenvalue weighted by Crippen LogP contribution is 2.26. The van der Waals surface area contributed by atoms with Gasteiger partial charge < -0.3 is 20.7 Å². The zero-order valence-electron chi connectivity index (χ0n) is 13.4. The molecule has 0 saturated carbocycles. The SMILES string of the molecule is NC(=S)NC[C@H]1CN(c2ccc(N3CCCSCC3)cc2)C(=O)O1. The Kier molecular flexibility index (Phi) is 5.68. The van der Waals surface area contributed by atoms with Gasteiger partial charge in [-0.3, -0.25) is 4.90 Å². The van der Waals surface area contributed by atoms with Crippen LogP contribution in [0.15, 0.2) is 24.3 Å². The van der Waals surface area contributed by atoms with Gasteiger partial charge in [-0.05, 0) is 48.7 Å². The highest BCUT2D eigenvalue weighted by molar-refractivity contribution is 7.99. The number of rotatable bonds is 4. The van der Waals surface area contributed by atoms with E-state index in [9.17, 15) is 4.79 Å². The first-order valence-electron chi connectivity index (χ1n) is 8.08. The van der Waals surface area contributed by atoms with E-state index in [0.717, 1.165) is 24.5 Å². The Bertz CT molecular complexity index is 588. The third kappa shape index (κ3) is 4.24. The molecule has 8 heteroatoms. The fourth-order valence-electron chi connectivity index (χ4n) is 2.90. The monoisotopic (exact) mass is 366 g/mol. The fraction of sp³-hybridized carbons (Fsp3) is 0.500. The molecule has 2 aliphatic heterocycles. The number of carbonyl (C=O) groups excluding carboxylic acids is 1. The summed E-state index contributed by atoms with van der Waals surface area (Å²) in [6.45, 7) is 3.09. The molecule has 130 valence electrons. The zero-order chi connectivity index (χ0) is 16.9. The molecule has 2 heterocycles. The molecule has 0 bridgehead atoms. The number of carbonyl (C=O) groups is 1. The zero-order valence-corrected chi connectivity index (χ0v) is 15.1. The second kappa shape index (κ2) is 7.94. The molecular formula is C16H22N4O2S2. The standard InChI is InChI=1S/C16H22N4O2S2/c17-15(23)18-10-14-11-20(16(21)22-14)13-4-2-12(3-5-13)19-6-1-8-24-9-7-19/h2-5,14H,1,6-11H2,(H3,17,18,23)/t14-/m0/s1. The summed E-state index contributed by atoms with van der Waals surface area (Å²) in [5.74, 6) is 2.40. The molecule has 2 fully saturated rings. The van der Waals surface area contributed by atoms with Gasteiger partial charge in [-0.1, -0.05) is 0 Å². The van der Waals surface area contributed by atoms with Gasteiger partial charge in [0.1, 0.15) is 6.10 Å². The molecule has 0 unspecified atom stereocenters. The number of thioether (sulfide) groups is 1. The summed E-state index contributed by atoms with van der Waals surface area (Å²) in [6.07, 6.45) is 0.632. The lowest BCUT2D eigenvalue weighted by Gasteiger charge is -2.23. The van der Waals surface area contributed by atoms with Gasteiger partial charge in [-0.15, -0.1) is 0 Å². The van der Waals surface area contributed by atoms with Crippen molar-refractivity contribution >= 4 is 46.6 Å². The topological polar surface area (TPSA) is 70.8 Å². The quantitative estimate of drug-likeness (QED) is 0.787. The number of nitrogens with zero attached hydrogens (tertiary/aromatic N) is 2. The van der Waals surface area contributed by atoms with Crippen LogP contribution in [0.1, 0.15) is 6.42 Å². The molecule has 1 atom stereocenters. The molecule has 1 aromatic carbocycles. The van der Waals surface area contributed by atoms with Crippen LogP contribution < -0.4 is 20.9 Å². The molecule has 1 aromatic rings. The maximum Gasteiger partial charge on any atom is 0.414 e. The normalized spacial score (nSPS) is 21.3. The van der Waals surface area contributed by atoms with Gasteiger partial charge >= 0.3 is 6.09 Å². The molecule has 24 heavy (non-hydrogen) atoms. The van der Waals surface area contributed by atoms with Crippen LogP contribution in [0.4, 0.5) is 16.2 Å². The number of cyclic esters (lactones) is 1. The molecule has 3 rings (SSSR count). The summed E-state index contributed by atoms with van der Waals surface area (Å²) in [5.41, 5.74) is 7.47. The molecule has 2 saturated heterocycles. The van der Waals surface area contributed by atoms with Crippen molar-refractivity contribution in [1.82, 2.24) is 5.32 Å². The van der Waals surface area contributed by atoms with Gasteiger partial charge in [0.15, 0.2) is 5.11 Å². The lowest BCUT2D eigenvalue weighted by molar-refractivity contribution is 0.143. The Labute approximate surface area is 151 Å². The van der Waals surface area contributed by atoms with Crippen LogP contribution in [0.25, 0.3) is 0 Å². The number of nitrogens with two attached hydrogens (primary N) is 1. The van der Waals surface area contributed by atoms with Crippen molar-refractivity contribution in [2.24, 2.45) is 5.73 Å². The van der Waals surface area contributed by atoms with Crippen molar-refractivity contribution in [3.63, 3.8) is 0 Å². The number of anilines is 2. The molecular weight excluding hydrogens is 344 g/mol. The largest absolute Gasteiger partial charge is 0.442 e. The average Bonchev–Trinajstić information content (AvgIpc) is 2.77. The lowest BCUT2D eigenvalue weighted by Crippen LogP contribution is -2.37. The fourth-order valence-corrected chi connectivity index (χ4v) is 3.87. The van der Waals surface area contributed by atoms with E-state index in [1.54, 1.807) is 4.90 Å². The minimum absolute atomic E-state index is 0.212. The van der Waals surface area contributed by atoms with Gasteiger partial charge in [-0.2, -0.15) is 11.8 Å². The summed E-state index contributed by atoms with van der Waals surface area (Å²) in [6, 6.07) is 8.13. The van der Waals surface area contributed by atoms with Crippen LogP contribution in [-0.4, -0.2) is 55.0 Å². The van der Waals surface area contributed by atoms with Crippen LogP contribution in [-0.2, 0) is 4.74 Å². The number of amides is 1. The van der Waals surface area contributed by atoms with E-state index in [-0.39, 0.29) is 17.3 Å². The van der Waals surface area contributed by atoms with E-state index in [2.05, 4.69) is 22.3 Å². The van der Waals surface area contributed by atoms with E-state index >= 15 is 0 Å². The second-order valence-corrected chi connectivity index (χ2v) is 7.50. The first kappa shape index (κ1) is 17.2. The number of thiocarbonyl (C=S) groups is 1. The van der Waals surface area contributed by atoms with E-state index in [1.165, 1.54) is 17.9 Å². The maximum absolute atomic E-state index is 12.1. The Balaban J connectivity index is 1.62. The molecule has 2 aliphatic rings. The van der Waals surface area contributed by atoms with Crippen molar-refractivity contribution in [3.8, 4) is 0 Å². The smallest absolute Gasteiger partial charge is 0.414 e. The van der Waals surface area contributed by atoms with E-state index in [1.807, 2.05) is 23.9 Å². The third-order valence-corrected chi connectivity index (χ3v) is 5.32. The minimum Gasteiger partial charge on any atom is -0.442 e. The maximum atomic E-state index is 12.1. The van der Waals surface area contributed by atoms with Crippen LogP contribution in [0.5, 0.6) is 0 Å². The Hall–Kier alpha value is -1.67. The third-order valence-electron chi connectivity index (χ3n) is 4.13. The number of ether oxygens (including phenoxy) is 1. The van der Waals surface area contributed by atoms with Gasteiger partial charge in [0, 0.05) is 30.2 Å². The minimum atomic E-state index is -0.330. The van der Waals surface area contributed by atoms with Gasteiger partial charge in [0.05, 0.1) is 13.1 Å². The van der Waals surface area contributed by atoms with Gasteiger partial charge in [-0.25, -0.2) is 4.79 Å². The van der Waals surface area contributed by atoms with Gasteiger partial charge in [0.25, 0.3) is 0 Å². The van der Waals surface area contributed by atoms with E-state index in [0.29, 0.717) is 13.1 Å². The molecule has 3 N–H and O–H groups in total. The van der Waals surface area contributed by atoms with Crippen molar-refractivity contribution in [1.29, 1.82) is 0 Å². The average molecular weight is 367 g/mol. The Morgan fingerprint density at radius 2 is 2.04 bits per heavy atom. The van der Waals surface area contributed by atoms with E-state index < -0.39 is 0 Å². The number of benzene rings is 1. The lowest BCUT2D eigenvalue weighted by atomic mass is 10.2. The molecule has 0 radical (unpaired) electrons. The Morgan fingerprint density at radius 1 is 1.29 bits per heavy atom. The first-order chi connectivity index (χ1) is 11.6. The molecule has 1 amide bonds. The van der Waals surface area contributed by atoms with Crippen LogP contribution in [0.3, 0.4) is 0 Å². The molecule has 6 nitrogen and oxygen atoms in total. The molecule has 0 aromatic heterocycles. The van der Waals surface area contributed by atoms with E-state index in [4.69, 9.17) is 22.7 Å². The number of hydrogen-bond acceptors (Lipinski definition) is 5. The summed E-state index contributed by atoms with van der Waals surface area (Å²) >= 11 is 6.78. The predicted molar refractivity (Wildman–Crippen MR) is 103 cm³/mol. The Morgan fingerprint density at radius 3 is 2.79 bits per heavy atom. The summed E-state index contributed by atoms with van der Waals surface area (Å²) < 4.78 is 5.34.